The van der Waals surface area contributed by atoms with Crippen molar-refractivity contribution < 1.29 is 18.7 Å². The van der Waals surface area contributed by atoms with E-state index in [-0.39, 0.29) is 5.91 Å². The van der Waals surface area contributed by atoms with E-state index in [9.17, 15) is 9.59 Å². The highest BCUT2D eigenvalue weighted by Gasteiger charge is 2.25. The Morgan fingerprint density at radius 3 is 2.83 bits per heavy atom. The van der Waals surface area contributed by atoms with Gasteiger partial charge in [-0.1, -0.05) is 0 Å². The maximum absolute atomic E-state index is 11.9. The number of hydrogen-bond acceptors (Lipinski definition) is 5. The fourth-order valence-corrected chi connectivity index (χ4v) is 2.62. The number of nitrogens with one attached hydrogen (secondary N) is 2. The number of rotatable bonds is 6. The predicted molar refractivity (Wildman–Crippen MR) is 89.3 cm³/mol. The second-order valence-electron chi connectivity index (χ2n) is 7.13. The third-order valence-electron chi connectivity index (χ3n) is 3.71. The molecular formula is C17H27N3O4. The molecule has 1 fully saturated rings. The molecule has 1 aromatic heterocycles. The Labute approximate surface area is 142 Å². The first-order valence-corrected chi connectivity index (χ1v) is 8.30. The minimum atomic E-state index is -0.488. The molecule has 2 N–H and O–H groups in total. The third-order valence-corrected chi connectivity index (χ3v) is 3.71. The number of likely N-dealkylation sites (tertiary alicyclic amines) is 1. The van der Waals surface area contributed by atoms with E-state index in [0.717, 1.165) is 25.3 Å². The first kappa shape index (κ1) is 18.3. The number of ether oxygens (including phenoxy) is 1. The summed E-state index contributed by atoms with van der Waals surface area (Å²) in [5, 5.41) is 5.64. The van der Waals surface area contributed by atoms with Crippen LogP contribution in [0.4, 0.5) is 4.79 Å². The lowest BCUT2D eigenvalue weighted by Gasteiger charge is -2.21. The van der Waals surface area contributed by atoms with Crippen LogP contribution in [0.2, 0.25) is 0 Å². The summed E-state index contributed by atoms with van der Waals surface area (Å²) < 4.78 is 10.4. The fourth-order valence-electron chi connectivity index (χ4n) is 2.62. The maximum atomic E-state index is 11.9. The Morgan fingerprint density at radius 2 is 2.17 bits per heavy atom. The van der Waals surface area contributed by atoms with Gasteiger partial charge >= 0.3 is 6.09 Å². The largest absolute Gasteiger partial charge is 0.467 e. The quantitative estimate of drug-likeness (QED) is 0.826. The minimum Gasteiger partial charge on any atom is -0.467 e. The predicted octanol–water partition coefficient (Wildman–Crippen LogP) is 1.74. The second-order valence-corrected chi connectivity index (χ2v) is 7.13. The van der Waals surface area contributed by atoms with Crippen LogP contribution in [-0.2, 0) is 16.1 Å². The van der Waals surface area contributed by atoms with Crippen LogP contribution in [0.5, 0.6) is 0 Å². The van der Waals surface area contributed by atoms with Gasteiger partial charge in [-0.25, -0.2) is 4.79 Å². The van der Waals surface area contributed by atoms with Crippen molar-refractivity contribution in [2.45, 2.75) is 39.3 Å². The molecule has 2 heterocycles. The van der Waals surface area contributed by atoms with Gasteiger partial charge in [-0.2, -0.15) is 0 Å². The van der Waals surface area contributed by atoms with Gasteiger partial charge in [0.15, 0.2) is 0 Å². The van der Waals surface area contributed by atoms with E-state index in [1.165, 1.54) is 0 Å². The van der Waals surface area contributed by atoms with Crippen molar-refractivity contribution in [2.75, 3.05) is 26.2 Å². The van der Waals surface area contributed by atoms with Crippen LogP contribution in [-0.4, -0.2) is 48.7 Å². The molecule has 1 saturated heterocycles. The summed E-state index contributed by atoms with van der Waals surface area (Å²) in [7, 11) is 0. The summed E-state index contributed by atoms with van der Waals surface area (Å²) in [5.74, 6) is 1.06. The highest BCUT2D eigenvalue weighted by Crippen LogP contribution is 2.15. The van der Waals surface area contributed by atoms with Gasteiger partial charge in [0.1, 0.15) is 11.4 Å². The maximum Gasteiger partial charge on any atom is 0.407 e. The van der Waals surface area contributed by atoms with Gasteiger partial charge < -0.3 is 19.8 Å². The molecule has 24 heavy (non-hydrogen) atoms. The highest BCUT2D eigenvalue weighted by atomic mass is 16.6. The highest BCUT2D eigenvalue weighted by molar-refractivity contribution is 5.78. The SMILES string of the molecule is CC(C)(C)OC(=O)NCC1CCN(CC(=O)NCc2ccco2)C1. The molecule has 0 bridgehead atoms. The summed E-state index contributed by atoms with van der Waals surface area (Å²) in [6.07, 6.45) is 2.16. The molecule has 0 spiro atoms. The topological polar surface area (TPSA) is 83.8 Å². The van der Waals surface area contributed by atoms with Crippen molar-refractivity contribution in [1.29, 1.82) is 0 Å². The molecule has 2 amide bonds. The first-order valence-electron chi connectivity index (χ1n) is 8.30. The van der Waals surface area contributed by atoms with E-state index in [0.29, 0.717) is 25.6 Å². The smallest absolute Gasteiger partial charge is 0.407 e. The average Bonchev–Trinajstić information content (AvgIpc) is 3.12. The lowest BCUT2D eigenvalue weighted by molar-refractivity contribution is -0.122. The summed E-state index contributed by atoms with van der Waals surface area (Å²) in [4.78, 5) is 25.7. The van der Waals surface area contributed by atoms with Crippen molar-refractivity contribution in [3.8, 4) is 0 Å². The van der Waals surface area contributed by atoms with Gasteiger partial charge in [0.2, 0.25) is 5.91 Å². The first-order chi connectivity index (χ1) is 11.3. The number of carbonyl (C=O) groups is 2. The van der Waals surface area contributed by atoms with Crippen molar-refractivity contribution >= 4 is 12.0 Å². The zero-order valence-corrected chi connectivity index (χ0v) is 14.6. The standard InChI is InChI=1S/C17H27N3O4/c1-17(2,3)24-16(22)19-9-13-6-7-20(11-13)12-15(21)18-10-14-5-4-8-23-14/h4-5,8,13H,6-7,9-12H2,1-3H3,(H,18,21)(H,19,22). The summed E-state index contributed by atoms with van der Waals surface area (Å²) in [5.41, 5.74) is -0.488. The van der Waals surface area contributed by atoms with E-state index in [1.807, 2.05) is 26.8 Å². The summed E-state index contributed by atoms with van der Waals surface area (Å²) in [6, 6.07) is 3.62. The number of amides is 2. The van der Waals surface area contributed by atoms with Crippen LogP contribution in [0.3, 0.4) is 0 Å². The number of furan rings is 1. The molecule has 134 valence electrons. The number of hydrogen-bond donors (Lipinski definition) is 2. The molecule has 2 rings (SSSR count). The van der Waals surface area contributed by atoms with Gasteiger partial charge in [-0.15, -0.1) is 0 Å². The lowest BCUT2D eigenvalue weighted by Crippen LogP contribution is -2.38. The van der Waals surface area contributed by atoms with Crippen molar-refractivity contribution in [2.24, 2.45) is 5.92 Å². The van der Waals surface area contributed by atoms with Crippen molar-refractivity contribution in [1.82, 2.24) is 15.5 Å². The van der Waals surface area contributed by atoms with Crippen molar-refractivity contribution in [3.05, 3.63) is 24.2 Å². The molecule has 1 unspecified atom stereocenters. The summed E-state index contributed by atoms with van der Waals surface area (Å²) >= 11 is 0. The second kappa shape index (κ2) is 8.19. The molecule has 1 aromatic rings. The van der Waals surface area contributed by atoms with Gasteiger partial charge in [0, 0.05) is 13.1 Å². The third kappa shape index (κ3) is 6.62. The van der Waals surface area contributed by atoms with Gasteiger partial charge in [-0.3, -0.25) is 9.69 Å². The van der Waals surface area contributed by atoms with Gasteiger partial charge in [0.25, 0.3) is 0 Å². The van der Waals surface area contributed by atoms with Crippen LogP contribution in [0.15, 0.2) is 22.8 Å². The Balaban J connectivity index is 1.62. The van der Waals surface area contributed by atoms with Crippen LogP contribution in [0.1, 0.15) is 33.0 Å². The van der Waals surface area contributed by atoms with Gasteiger partial charge in [-0.05, 0) is 51.8 Å². The number of nitrogens with zero attached hydrogens (tertiary/aromatic N) is 1. The van der Waals surface area contributed by atoms with Gasteiger partial charge in [0.05, 0.1) is 19.4 Å². The minimum absolute atomic E-state index is 0.0212. The Bertz CT molecular complexity index is 537. The molecule has 0 aromatic carbocycles. The average molecular weight is 337 g/mol. The van der Waals surface area contributed by atoms with Crippen LogP contribution < -0.4 is 10.6 Å². The molecule has 1 aliphatic heterocycles. The Hall–Kier alpha value is -2.02. The zero-order valence-electron chi connectivity index (χ0n) is 14.6. The van der Waals surface area contributed by atoms with Crippen molar-refractivity contribution in [3.63, 3.8) is 0 Å². The molecule has 0 aliphatic carbocycles. The molecule has 0 radical (unpaired) electrons. The molecular weight excluding hydrogens is 310 g/mol. The zero-order chi connectivity index (χ0) is 17.6. The fraction of sp³-hybridized carbons (Fsp3) is 0.647. The molecule has 7 nitrogen and oxygen atoms in total. The molecule has 1 atom stereocenters. The molecule has 7 heteroatoms. The summed E-state index contributed by atoms with van der Waals surface area (Å²) in [6.45, 7) is 8.51. The van der Waals surface area contributed by atoms with E-state index < -0.39 is 11.7 Å². The van der Waals surface area contributed by atoms with Crippen LogP contribution in [0, 0.1) is 5.92 Å². The lowest BCUT2D eigenvalue weighted by atomic mass is 10.1. The Morgan fingerprint density at radius 1 is 1.38 bits per heavy atom. The van der Waals surface area contributed by atoms with E-state index >= 15 is 0 Å². The number of carbonyl (C=O) groups excluding carboxylic acids is 2. The molecule has 0 saturated carbocycles. The van der Waals surface area contributed by atoms with E-state index in [1.54, 1.807) is 12.3 Å². The monoisotopic (exact) mass is 337 g/mol. The van der Waals surface area contributed by atoms with Crippen LogP contribution in [0.25, 0.3) is 0 Å². The normalized spacial score (nSPS) is 18.4. The Kier molecular flexibility index (Phi) is 6.25. The van der Waals surface area contributed by atoms with E-state index in [4.69, 9.17) is 9.15 Å². The van der Waals surface area contributed by atoms with Crippen LogP contribution >= 0.6 is 0 Å². The number of alkyl carbamates (subject to hydrolysis) is 1. The molecule has 1 aliphatic rings. The van der Waals surface area contributed by atoms with E-state index in [2.05, 4.69) is 15.5 Å².